The highest BCUT2D eigenvalue weighted by Crippen LogP contribution is 2.38. The molecule has 0 aliphatic heterocycles. The number of carbonyl (C=O) groups excluding carboxylic acids is 1. The molecule has 0 spiro atoms. The van der Waals surface area contributed by atoms with Crippen LogP contribution in [0, 0.1) is 0 Å². The van der Waals surface area contributed by atoms with Gasteiger partial charge < -0.3 is 19.5 Å². The van der Waals surface area contributed by atoms with E-state index in [1.807, 2.05) is 39.0 Å². The Bertz CT molecular complexity index is 1540. The van der Waals surface area contributed by atoms with Crippen LogP contribution in [-0.4, -0.2) is 48.4 Å². The van der Waals surface area contributed by atoms with Crippen molar-refractivity contribution < 1.29 is 19.0 Å². The number of amides is 1. The van der Waals surface area contributed by atoms with E-state index < -0.39 is 11.7 Å². The van der Waals surface area contributed by atoms with E-state index in [1.165, 1.54) is 16.7 Å². The predicted octanol–water partition coefficient (Wildman–Crippen LogP) is 9.60. The van der Waals surface area contributed by atoms with E-state index in [0.29, 0.717) is 38.3 Å². The van der Waals surface area contributed by atoms with Crippen molar-refractivity contribution in [3.8, 4) is 11.5 Å². The van der Waals surface area contributed by atoms with E-state index in [2.05, 4.69) is 123 Å². The number of hydrogen-bond acceptors (Lipinski definition) is 5. The van der Waals surface area contributed by atoms with Gasteiger partial charge in [0.1, 0.15) is 23.7 Å². The molecular formula is C43H56N2O4. The number of nitrogens with zero attached hydrogens (tertiary/aromatic N) is 1. The minimum atomic E-state index is -0.508. The highest BCUT2D eigenvalue weighted by Gasteiger charge is 2.25. The van der Waals surface area contributed by atoms with Gasteiger partial charge in [-0.05, 0) is 108 Å². The fourth-order valence-electron chi connectivity index (χ4n) is 6.27. The van der Waals surface area contributed by atoms with Gasteiger partial charge in [0, 0.05) is 36.5 Å². The van der Waals surface area contributed by atoms with Gasteiger partial charge in [0.15, 0.2) is 0 Å². The van der Waals surface area contributed by atoms with Gasteiger partial charge in [0.2, 0.25) is 0 Å². The van der Waals surface area contributed by atoms with Gasteiger partial charge in [-0.1, -0.05) is 84.9 Å². The van der Waals surface area contributed by atoms with E-state index in [9.17, 15) is 4.79 Å². The molecule has 0 aliphatic rings. The second kappa shape index (κ2) is 18.5. The van der Waals surface area contributed by atoms with Gasteiger partial charge in [-0.25, -0.2) is 4.79 Å². The van der Waals surface area contributed by atoms with Gasteiger partial charge in [0.05, 0.1) is 6.61 Å². The van der Waals surface area contributed by atoms with E-state index in [0.717, 1.165) is 42.0 Å². The molecule has 0 heterocycles. The molecule has 6 heteroatoms. The first-order chi connectivity index (χ1) is 23.5. The molecule has 0 radical (unpaired) electrons. The van der Waals surface area contributed by atoms with Crippen LogP contribution < -0.4 is 14.8 Å². The highest BCUT2D eigenvalue weighted by atomic mass is 16.6. The number of nitrogens with one attached hydrogen (secondary N) is 1. The van der Waals surface area contributed by atoms with Gasteiger partial charge in [-0.3, -0.25) is 4.90 Å². The summed E-state index contributed by atoms with van der Waals surface area (Å²) in [6, 6.07) is 36.7. The van der Waals surface area contributed by atoms with Crippen LogP contribution in [0.2, 0.25) is 0 Å². The fraction of sp³-hybridized carbons (Fsp3) is 0.419. The average molecular weight is 665 g/mol. The Morgan fingerprint density at radius 1 is 0.735 bits per heavy atom. The molecular weight excluding hydrogens is 608 g/mol. The first-order valence-corrected chi connectivity index (χ1v) is 17.8. The zero-order chi connectivity index (χ0) is 35.2. The third-order valence-electron chi connectivity index (χ3n) is 8.59. The van der Waals surface area contributed by atoms with E-state index in [1.54, 1.807) is 0 Å². The van der Waals surface area contributed by atoms with Crippen molar-refractivity contribution in [2.75, 3.05) is 19.7 Å². The van der Waals surface area contributed by atoms with Gasteiger partial charge in [-0.2, -0.15) is 0 Å². The largest absolute Gasteiger partial charge is 0.493 e. The standard InChI is InChI=1S/C43H56N2O4/c1-32(2)45(33(3)4)29-26-39(36-17-12-9-13-18-36)41-37(19-14-20-40(41)48-31-35-15-10-8-11-16-35)27-30-47-38-23-21-34(22-24-38)25-28-44-42(46)49-43(5,6)7/h8-24,32-33,39H,25-31H2,1-7H3,(H,44,46). The van der Waals surface area contributed by atoms with Crippen LogP contribution in [0.1, 0.15) is 88.6 Å². The first kappa shape index (κ1) is 37.5. The van der Waals surface area contributed by atoms with Crippen molar-refractivity contribution in [1.29, 1.82) is 0 Å². The molecule has 0 saturated heterocycles. The van der Waals surface area contributed by atoms with Crippen molar-refractivity contribution in [2.24, 2.45) is 0 Å². The maximum absolute atomic E-state index is 12.0. The lowest BCUT2D eigenvalue weighted by Gasteiger charge is -2.33. The van der Waals surface area contributed by atoms with Crippen molar-refractivity contribution in [1.82, 2.24) is 10.2 Å². The molecule has 49 heavy (non-hydrogen) atoms. The summed E-state index contributed by atoms with van der Waals surface area (Å²) in [7, 11) is 0. The molecule has 0 fully saturated rings. The Hall–Kier alpha value is -4.29. The van der Waals surface area contributed by atoms with Crippen LogP contribution in [0.3, 0.4) is 0 Å². The molecule has 1 unspecified atom stereocenters. The molecule has 4 rings (SSSR count). The van der Waals surface area contributed by atoms with E-state index >= 15 is 0 Å². The summed E-state index contributed by atoms with van der Waals surface area (Å²) < 4.78 is 18.2. The van der Waals surface area contributed by atoms with Gasteiger partial charge >= 0.3 is 6.09 Å². The lowest BCUT2D eigenvalue weighted by atomic mass is 9.84. The first-order valence-electron chi connectivity index (χ1n) is 17.8. The molecule has 0 aliphatic carbocycles. The second-order valence-corrected chi connectivity index (χ2v) is 14.2. The smallest absolute Gasteiger partial charge is 0.407 e. The molecule has 0 aromatic heterocycles. The minimum absolute atomic E-state index is 0.164. The summed E-state index contributed by atoms with van der Waals surface area (Å²) in [5.74, 6) is 1.92. The van der Waals surface area contributed by atoms with Crippen molar-refractivity contribution >= 4 is 6.09 Å². The molecule has 1 N–H and O–H groups in total. The third kappa shape index (κ3) is 12.3. The Labute approximate surface area is 294 Å². The Morgan fingerprint density at radius 3 is 2.02 bits per heavy atom. The number of carbonyl (C=O) groups is 1. The van der Waals surface area contributed by atoms with E-state index in [-0.39, 0.29) is 5.92 Å². The van der Waals surface area contributed by atoms with Crippen molar-refractivity contribution in [3.05, 3.63) is 131 Å². The fourth-order valence-corrected chi connectivity index (χ4v) is 6.27. The topological polar surface area (TPSA) is 60.0 Å². The zero-order valence-corrected chi connectivity index (χ0v) is 30.6. The molecule has 0 bridgehead atoms. The monoisotopic (exact) mass is 664 g/mol. The molecule has 4 aromatic carbocycles. The van der Waals surface area contributed by atoms with Gasteiger partial charge in [-0.15, -0.1) is 0 Å². The summed E-state index contributed by atoms with van der Waals surface area (Å²) in [5.41, 5.74) is 5.54. The highest BCUT2D eigenvalue weighted by molar-refractivity contribution is 5.67. The Morgan fingerprint density at radius 2 is 1.39 bits per heavy atom. The second-order valence-electron chi connectivity index (χ2n) is 14.2. The number of hydrogen-bond donors (Lipinski definition) is 1. The summed E-state index contributed by atoms with van der Waals surface area (Å²) >= 11 is 0. The molecule has 1 atom stereocenters. The molecule has 0 saturated carbocycles. The normalized spacial score (nSPS) is 12.3. The van der Waals surface area contributed by atoms with Crippen LogP contribution in [0.4, 0.5) is 4.79 Å². The molecule has 1 amide bonds. The van der Waals surface area contributed by atoms with E-state index in [4.69, 9.17) is 14.2 Å². The van der Waals surface area contributed by atoms with Crippen molar-refractivity contribution in [3.63, 3.8) is 0 Å². The number of alkyl carbamates (subject to hydrolysis) is 1. The number of rotatable bonds is 17. The minimum Gasteiger partial charge on any atom is -0.493 e. The zero-order valence-electron chi connectivity index (χ0n) is 30.6. The van der Waals surface area contributed by atoms with Crippen LogP contribution in [0.5, 0.6) is 11.5 Å². The van der Waals surface area contributed by atoms with Crippen molar-refractivity contribution in [2.45, 2.75) is 97.9 Å². The predicted molar refractivity (Wildman–Crippen MR) is 201 cm³/mol. The SMILES string of the molecule is CC(C)N(CCC(c1ccccc1)c1c(CCOc2ccc(CCNC(=O)OC(C)(C)C)cc2)cccc1OCc1ccccc1)C(C)C. The number of benzene rings is 4. The Balaban J connectivity index is 1.51. The molecule has 6 nitrogen and oxygen atoms in total. The summed E-state index contributed by atoms with van der Waals surface area (Å²) in [4.78, 5) is 14.5. The molecule has 4 aromatic rings. The van der Waals surface area contributed by atoms with Crippen LogP contribution in [-0.2, 0) is 24.2 Å². The lowest BCUT2D eigenvalue weighted by molar-refractivity contribution is 0.0528. The summed E-state index contributed by atoms with van der Waals surface area (Å²) in [6.07, 6.45) is 2.04. The average Bonchev–Trinajstić information content (AvgIpc) is 3.06. The summed E-state index contributed by atoms with van der Waals surface area (Å²) in [5, 5.41) is 2.82. The maximum atomic E-state index is 12.0. The van der Waals surface area contributed by atoms with Crippen LogP contribution >= 0.6 is 0 Å². The quantitative estimate of drug-likeness (QED) is 0.122. The Kier molecular flexibility index (Phi) is 14.1. The third-order valence-corrected chi connectivity index (χ3v) is 8.59. The maximum Gasteiger partial charge on any atom is 0.407 e. The number of ether oxygens (including phenoxy) is 3. The van der Waals surface area contributed by atoms with Gasteiger partial charge in [0.25, 0.3) is 0 Å². The summed E-state index contributed by atoms with van der Waals surface area (Å²) in [6.45, 7) is 17.3. The van der Waals surface area contributed by atoms with Crippen LogP contribution in [0.25, 0.3) is 0 Å². The molecule has 262 valence electrons. The lowest BCUT2D eigenvalue weighted by Crippen LogP contribution is -2.38. The van der Waals surface area contributed by atoms with Crippen LogP contribution in [0.15, 0.2) is 103 Å².